The lowest BCUT2D eigenvalue weighted by Gasteiger charge is -2.11. The third-order valence-electron chi connectivity index (χ3n) is 3.32. The SMILES string of the molecule is COc1ccccc1-n1nnc(CO)c1-c1ccc(Cl)cc1. The molecule has 3 aromatic rings. The van der Waals surface area contributed by atoms with Crippen LogP contribution in [0.3, 0.4) is 0 Å². The summed E-state index contributed by atoms with van der Waals surface area (Å²) in [5.74, 6) is 0.673. The molecule has 1 N–H and O–H groups in total. The van der Waals surface area contributed by atoms with Gasteiger partial charge in [0.15, 0.2) is 0 Å². The largest absolute Gasteiger partial charge is 0.494 e. The molecule has 0 aliphatic carbocycles. The van der Waals surface area contributed by atoms with Gasteiger partial charge in [0.05, 0.1) is 13.7 Å². The van der Waals surface area contributed by atoms with E-state index in [4.69, 9.17) is 16.3 Å². The maximum atomic E-state index is 9.55. The van der Waals surface area contributed by atoms with Crippen LogP contribution in [-0.2, 0) is 6.61 Å². The molecule has 1 heterocycles. The monoisotopic (exact) mass is 315 g/mol. The molecule has 0 saturated carbocycles. The molecule has 22 heavy (non-hydrogen) atoms. The standard InChI is InChI=1S/C16H14ClN3O2/c1-22-15-5-3-2-4-14(15)20-16(13(10-21)18-19-20)11-6-8-12(17)9-7-11/h2-9,21H,10H2,1H3. The van der Waals surface area contributed by atoms with Gasteiger partial charge in [-0.05, 0) is 24.3 Å². The van der Waals surface area contributed by atoms with E-state index in [2.05, 4.69) is 10.3 Å². The van der Waals surface area contributed by atoms with Crippen LogP contribution in [0, 0.1) is 0 Å². The summed E-state index contributed by atoms with van der Waals surface area (Å²) >= 11 is 5.94. The highest BCUT2D eigenvalue weighted by Gasteiger charge is 2.17. The van der Waals surface area contributed by atoms with Gasteiger partial charge in [-0.2, -0.15) is 0 Å². The van der Waals surface area contributed by atoms with Crippen LogP contribution >= 0.6 is 11.6 Å². The second kappa shape index (κ2) is 6.17. The number of nitrogens with zero attached hydrogens (tertiary/aromatic N) is 3. The van der Waals surface area contributed by atoms with Crippen molar-refractivity contribution in [3.63, 3.8) is 0 Å². The number of halogens is 1. The lowest BCUT2D eigenvalue weighted by atomic mass is 10.1. The Balaban J connectivity index is 2.21. The summed E-state index contributed by atoms with van der Waals surface area (Å²) in [6.45, 7) is -0.201. The molecule has 1 aromatic heterocycles. The van der Waals surface area contributed by atoms with Crippen molar-refractivity contribution in [3.05, 3.63) is 59.2 Å². The Labute approximate surface area is 132 Å². The van der Waals surface area contributed by atoms with Crippen molar-refractivity contribution in [2.75, 3.05) is 7.11 Å². The third kappa shape index (κ3) is 2.56. The molecule has 0 saturated heterocycles. The number of hydrogen-bond donors (Lipinski definition) is 1. The Hall–Kier alpha value is -2.37. The van der Waals surface area contributed by atoms with E-state index in [-0.39, 0.29) is 6.61 Å². The van der Waals surface area contributed by atoms with E-state index in [0.29, 0.717) is 22.2 Å². The molecule has 0 aliphatic heterocycles. The number of methoxy groups -OCH3 is 1. The van der Waals surface area contributed by atoms with Gasteiger partial charge < -0.3 is 9.84 Å². The Morgan fingerprint density at radius 1 is 1.14 bits per heavy atom. The van der Waals surface area contributed by atoms with Crippen LogP contribution in [0.25, 0.3) is 16.9 Å². The number of benzene rings is 2. The first-order valence-corrected chi connectivity index (χ1v) is 7.07. The van der Waals surface area contributed by atoms with Crippen molar-refractivity contribution in [1.29, 1.82) is 0 Å². The number of aromatic nitrogens is 3. The van der Waals surface area contributed by atoms with Crippen LogP contribution in [0.4, 0.5) is 0 Å². The fourth-order valence-electron chi connectivity index (χ4n) is 2.29. The molecule has 6 heteroatoms. The molecular formula is C16H14ClN3O2. The van der Waals surface area contributed by atoms with Crippen LogP contribution in [0.2, 0.25) is 5.02 Å². The van der Waals surface area contributed by atoms with E-state index in [1.807, 2.05) is 36.4 Å². The molecule has 0 atom stereocenters. The maximum Gasteiger partial charge on any atom is 0.144 e. The second-order valence-corrected chi connectivity index (χ2v) is 5.07. The van der Waals surface area contributed by atoms with Crippen molar-refractivity contribution >= 4 is 11.6 Å². The molecule has 0 bridgehead atoms. The summed E-state index contributed by atoms with van der Waals surface area (Å²) < 4.78 is 7.04. The first-order chi connectivity index (χ1) is 10.7. The average Bonchev–Trinajstić information content (AvgIpc) is 2.99. The molecule has 2 aromatic carbocycles. The van der Waals surface area contributed by atoms with E-state index in [1.54, 1.807) is 23.9 Å². The Bertz CT molecular complexity index is 784. The summed E-state index contributed by atoms with van der Waals surface area (Å²) in [6, 6.07) is 14.8. The first kappa shape index (κ1) is 14.6. The minimum Gasteiger partial charge on any atom is -0.494 e. The number of aliphatic hydroxyl groups excluding tert-OH is 1. The number of hydrogen-bond acceptors (Lipinski definition) is 4. The molecule has 112 valence electrons. The summed E-state index contributed by atoms with van der Waals surface area (Å²) in [6.07, 6.45) is 0. The topological polar surface area (TPSA) is 60.2 Å². The van der Waals surface area contributed by atoms with Gasteiger partial charge in [0.2, 0.25) is 0 Å². The molecule has 3 rings (SSSR count). The molecule has 0 spiro atoms. The minimum atomic E-state index is -0.201. The van der Waals surface area contributed by atoms with Gasteiger partial charge in [-0.15, -0.1) is 5.10 Å². The van der Waals surface area contributed by atoms with Crippen LogP contribution in [0.15, 0.2) is 48.5 Å². The summed E-state index contributed by atoms with van der Waals surface area (Å²) in [5.41, 5.74) is 2.82. The van der Waals surface area contributed by atoms with Crippen LogP contribution in [0.5, 0.6) is 5.75 Å². The number of rotatable bonds is 4. The lowest BCUT2D eigenvalue weighted by molar-refractivity contribution is 0.277. The molecule has 0 unspecified atom stereocenters. The molecule has 0 radical (unpaired) electrons. The van der Waals surface area contributed by atoms with E-state index < -0.39 is 0 Å². The van der Waals surface area contributed by atoms with Crippen LogP contribution in [0.1, 0.15) is 5.69 Å². The molecule has 0 fully saturated rings. The van der Waals surface area contributed by atoms with Gasteiger partial charge in [-0.1, -0.05) is 41.1 Å². The zero-order valence-corrected chi connectivity index (χ0v) is 12.7. The zero-order chi connectivity index (χ0) is 15.5. The van der Waals surface area contributed by atoms with Crippen molar-refractivity contribution in [1.82, 2.24) is 15.0 Å². The fourth-order valence-corrected chi connectivity index (χ4v) is 2.42. The van der Waals surface area contributed by atoms with E-state index >= 15 is 0 Å². The van der Waals surface area contributed by atoms with Crippen molar-refractivity contribution in [3.8, 4) is 22.7 Å². The smallest absolute Gasteiger partial charge is 0.144 e. The van der Waals surface area contributed by atoms with E-state index in [9.17, 15) is 5.11 Å². The zero-order valence-electron chi connectivity index (χ0n) is 11.9. The van der Waals surface area contributed by atoms with Crippen LogP contribution in [-0.4, -0.2) is 27.2 Å². The predicted molar refractivity (Wildman–Crippen MR) is 84.3 cm³/mol. The molecule has 0 amide bonds. The van der Waals surface area contributed by atoms with Gasteiger partial charge in [0, 0.05) is 10.6 Å². The van der Waals surface area contributed by atoms with E-state index in [0.717, 1.165) is 11.3 Å². The highest BCUT2D eigenvalue weighted by molar-refractivity contribution is 6.30. The highest BCUT2D eigenvalue weighted by atomic mass is 35.5. The normalized spacial score (nSPS) is 10.7. The Morgan fingerprint density at radius 2 is 1.86 bits per heavy atom. The summed E-state index contributed by atoms with van der Waals surface area (Å²) in [7, 11) is 1.60. The molecule has 5 nitrogen and oxygen atoms in total. The number of para-hydroxylation sites is 2. The maximum absolute atomic E-state index is 9.55. The van der Waals surface area contributed by atoms with Crippen molar-refractivity contribution in [2.24, 2.45) is 0 Å². The van der Waals surface area contributed by atoms with Crippen molar-refractivity contribution in [2.45, 2.75) is 6.61 Å². The van der Waals surface area contributed by atoms with Gasteiger partial charge in [-0.3, -0.25) is 0 Å². The lowest BCUT2D eigenvalue weighted by Crippen LogP contribution is -2.02. The van der Waals surface area contributed by atoms with Gasteiger partial charge in [0.1, 0.15) is 22.8 Å². The first-order valence-electron chi connectivity index (χ1n) is 6.69. The Kier molecular flexibility index (Phi) is 4.09. The predicted octanol–water partition coefficient (Wildman–Crippen LogP) is 3.09. The quantitative estimate of drug-likeness (QED) is 0.803. The van der Waals surface area contributed by atoms with Crippen molar-refractivity contribution < 1.29 is 9.84 Å². The highest BCUT2D eigenvalue weighted by Crippen LogP contribution is 2.30. The van der Waals surface area contributed by atoms with Gasteiger partial charge in [0.25, 0.3) is 0 Å². The molecular weight excluding hydrogens is 302 g/mol. The van der Waals surface area contributed by atoms with Gasteiger partial charge in [-0.25, -0.2) is 4.68 Å². The Morgan fingerprint density at radius 3 is 2.55 bits per heavy atom. The fraction of sp³-hybridized carbons (Fsp3) is 0.125. The van der Waals surface area contributed by atoms with Crippen LogP contribution < -0.4 is 4.74 Å². The molecule has 0 aliphatic rings. The number of aliphatic hydroxyl groups is 1. The van der Waals surface area contributed by atoms with Gasteiger partial charge >= 0.3 is 0 Å². The minimum absolute atomic E-state index is 0.201. The van der Waals surface area contributed by atoms with E-state index in [1.165, 1.54) is 0 Å². The number of ether oxygens (including phenoxy) is 1. The average molecular weight is 316 g/mol. The third-order valence-corrected chi connectivity index (χ3v) is 3.57. The summed E-state index contributed by atoms with van der Waals surface area (Å²) in [5, 5.41) is 18.4. The summed E-state index contributed by atoms with van der Waals surface area (Å²) in [4.78, 5) is 0. The second-order valence-electron chi connectivity index (χ2n) is 4.63.